The fourth-order valence-corrected chi connectivity index (χ4v) is 5.50. The number of hydrogen-bond donors (Lipinski definition) is 2. The first kappa shape index (κ1) is 24.8. The first-order chi connectivity index (χ1) is 15.7. The number of sulfonamides is 1. The molecule has 0 unspecified atom stereocenters. The van der Waals surface area contributed by atoms with Crippen molar-refractivity contribution in [3.8, 4) is 11.5 Å². The quantitative estimate of drug-likeness (QED) is 0.571. The number of amides is 2. The molecular formula is C22H26ClN3O6S. The first-order valence-electron chi connectivity index (χ1n) is 10.4. The summed E-state index contributed by atoms with van der Waals surface area (Å²) in [7, 11) is -2.50. The zero-order valence-electron chi connectivity index (χ0n) is 18.3. The molecule has 0 radical (unpaired) electrons. The van der Waals surface area contributed by atoms with Gasteiger partial charge in [0, 0.05) is 23.2 Å². The molecule has 33 heavy (non-hydrogen) atoms. The van der Waals surface area contributed by atoms with Crippen molar-refractivity contribution >= 4 is 33.4 Å². The van der Waals surface area contributed by atoms with E-state index in [4.69, 9.17) is 21.1 Å². The van der Waals surface area contributed by atoms with Gasteiger partial charge in [-0.2, -0.15) is 4.31 Å². The fraction of sp³-hybridized carbons (Fsp3) is 0.364. The predicted molar refractivity (Wildman–Crippen MR) is 123 cm³/mol. The van der Waals surface area contributed by atoms with Crippen molar-refractivity contribution in [3.05, 3.63) is 53.1 Å². The second-order valence-corrected chi connectivity index (χ2v) is 9.87. The number of nitrogens with one attached hydrogen (secondary N) is 2. The Bertz CT molecular complexity index is 1110. The molecule has 0 aromatic heterocycles. The largest absolute Gasteiger partial charge is 0.495 e. The maximum atomic E-state index is 13.3. The van der Waals surface area contributed by atoms with Gasteiger partial charge in [0.15, 0.2) is 6.61 Å². The van der Waals surface area contributed by atoms with E-state index in [1.807, 2.05) is 6.92 Å². The monoisotopic (exact) mass is 495 g/mol. The molecular weight excluding hydrogens is 470 g/mol. The second-order valence-electron chi connectivity index (χ2n) is 7.57. The van der Waals surface area contributed by atoms with Crippen LogP contribution in [-0.2, 0) is 14.8 Å². The zero-order valence-corrected chi connectivity index (χ0v) is 19.9. The maximum Gasteiger partial charge on any atom is 0.276 e. The number of ether oxygens (including phenoxy) is 2. The van der Waals surface area contributed by atoms with Crippen molar-refractivity contribution in [1.82, 2.24) is 15.2 Å². The molecule has 1 aliphatic rings. The van der Waals surface area contributed by atoms with Gasteiger partial charge in [0.25, 0.3) is 11.8 Å². The number of nitrogens with zero attached hydrogens (tertiary/aromatic N) is 1. The SMILES string of the molecule is COc1ccc(C(=O)NNC(=O)COc2ccc(Cl)cc2)cc1S(=O)(=O)N1CCCC[C@@H]1C. The van der Waals surface area contributed by atoms with Crippen LogP contribution in [-0.4, -0.2) is 50.8 Å². The highest BCUT2D eigenvalue weighted by Gasteiger charge is 2.33. The topological polar surface area (TPSA) is 114 Å². The zero-order chi connectivity index (χ0) is 24.0. The third kappa shape index (κ3) is 6.16. The maximum absolute atomic E-state index is 13.3. The minimum absolute atomic E-state index is 0.0537. The average molecular weight is 496 g/mol. The molecule has 2 aromatic rings. The van der Waals surface area contributed by atoms with E-state index < -0.39 is 21.8 Å². The lowest BCUT2D eigenvalue weighted by molar-refractivity contribution is -0.123. The Kier molecular flexibility index (Phi) is 8.17. The molecule has 1 atom stereocenters. The van der Waals surface area contributed by atoms with E-state index in [2.05, 4.69) is 10.9 Å². The molecule has 1 saturated heterocycles. The van der Waals surface area contributed by atoms with Gasteiger partial charge in [0.2, 0.25) is 10.0 Å². The molecule has 0 bridgehead atoms. The number of piperidine rings is 1. The van der Waals surface area contributed by atoms with Crippen LogP contribution in [0.4, 0.5) is 0 Å². The van der Waals surface area contributed by atoms with Crippen LogP contribution in [0.3, 0.4) is 0 Å². The third-order valence-corrected chi connectivity index (χ3v) is 7.54. The van der Waals surface area contributed by atoms with Crippen molar-refractivity contribution in [2.24, 2.45) is 0 Å². The molecule has 9 nitrogen and oxygen atoms in total. The summed E-state index contributed by atoms with van der Waals surface area (Å²) >= 11 is 5.80. The Morgan fingerprint density at radius 1 is 1.12 bits per heavy atom. The highest BCUT2D eigenvalue weighted by atomic mass is 35.5. The molecule has 1 heterocycles. The van der Waals surface area contributed by atoms with Crippen LogP contribution in [0, 0.1) is 0 Å². The fourth-order valence-electron chi connectivity index (χ4n) is 3.49. The number of methoxy groups -OCH3 is 1. The van der Waals surface area contributed by atoms with Gasteiger partial charge in [-0.1, -0.05) is 18.0 Å². The van der Waals surface area contributed by atoms with E-state index in [9.17, 15) is 18.0 Å². The van der Waals surface area contributed by atoms with Crippen LogP contribution in [0.5, 0.6) is 11.5 Å². The van der Waals surface area contributed by atoms with Crippen molar-refractivity contribution < 1.29 is 27.5 Å². The summed E-state index contributed by atoms with van der Waals surface area (Å²) in [5.41, 5.74) is 4.55. The van der Waals surface area contributed by atoms with Gasteiger partial charge in [-0.25, -0.2) is 8.42 Å². The summed E-state index contributed by atoms with van der Waals surface area (Å²) in [6, 6.07) is 10.4. The molecule has 0 spiro atoms. The number of rotatable bonds is 7. The Labute approximate surface area is 198 Å². The van der Waals surface area contributed by atoms with E-state index in [1.165, 1.54) is 29.6 Å². The smallest absolute Gasteiger partial charge is 0.276 e. The van der Waals surface area contributed by atoms with Gasteiger partial charge in [0.05, 0.1) is 7.11 Å². The number of hydrazine groups is 1. The van der Waals surface area contributed by atoms with Gasteiger partial charge in [-0.15, -0.1) is 0 Å². The van der Waals surface area contributed by atoms with E-state index in [1.54, 1.807) is 24.3 Å². The Morgan fingerprint density at radius 3 is 2.52 bits per heavy atom. The lowest BCUT2D eigenvalue weighted by Gasteiger charge is -2.32. The van der Waals surface area contributed by atoms with Crippen LogP contribution >= 0.6 is 11.6 Å². The standard InChI is InChI=1S/C22H26ClN3O6S/c1-15-5-3-4-12-26(15)33(29,30)20-13-16(6-11-19(20)31-2)22(28)25-24-21(27)14-32-18-9-7-17(23)8-10-18/h6-11,13,15H,3-5,12,14H2,1-2H3,(H,24,27)(H,25,28)/t15-/m0/s1. The number of benzene rings is 2. The molecule has 0 saturated carbocycles. The first-order valence-corrected chi connectivity index (χ1v) is 12.2. The molecule has 178 valence electrons. The summed E-state index contributed by atoms with van der Waals surface area (Å²) in [6.45, 7) is 1.94. The highest BCUT2D eigenvalue weighted by molar-refractivity contribution is 7.89. The van der Waals surface area contributed by atoms with Gasteiger partial charge in [0.1, 0.15) is 16.4 Å². The van der Waals surface area contributed by atoms with Gasteiger partial charge < -0.3 is 9.47 Å². The normalized spacial score (nSPS) is 16.6. The van der Waals surface area contributed by atoms with Crippen LogP contribution < -0.4 is 20.3 Å². The van der Waals surface area contributed by atoms with Crippen LogP contribution in [0.25, 0.3) is 0 Å². The van der Waals surface area contributed by atoms with Crippen molar-refractivity contribution in [1.29, 1.82) is 0 Å². The number of hydrogen-bond acceptors (Lipinski definition) is 6. The van der Waals surface area contributed by atoms with E-state index >= 15 is 0 Å². The van der Waals surface area contributed by atoms with Gasteiger partial charge in [-0.3, -0.25) is 20.4 Å². The number of carbonyl (C=O) groups excluding carboxylic acids is 2. The van der Waals surface area contributed by atoms with Crippen molar-refractivity contribution in [2.45, 2.75) is 37.1 Å². The average Bonchev–Trinajstić information content (AvgIpc) is 2.81. The minimum atomic E-state index is -3.87. The predicted octanol–water partition coefficient (Wildman–Crippen LogP) is 2.75. The minimum Gasteiger partial charge on any atom is -0.495 e. The molecule has 2 N–H and O–H groups in total. The summed E-state index contributed by atoms with van der Waals surface area (Å²) in [4.78, 5) is 24.4. The van der Waals surface area contributed by atoms with Gasteiger partial charge >= 0.3 is 0 Å². The number of halogens is 1. The Balaban J connectivity index is 1.67. The lowest BCUT2D eigenvalue weighted by atomic mass is 10.1. The van der Waals surface area contributed by atoms with E-state index in [0.717, 1.165) is 19.3 Å². The second kappa shape index (κ2) is 10.9. The molecule has 11 heteroatoms. The molecule has 2 aromatic carbocycles. The number of carbonyl (C=O) groups is 2. The highest BCUT2D eigenvalue weighted by Crippen LogP contribution is 2.31. The summed E-state index contributed by atoms with van der Waals surface area (Å²) in [6.07, 6.45) is 2.51. The van der Waals surface area contributed by atoms with Crippen LogP contribution in [0.1, 0.15) is 36.5 Å². The van der Waals surface area contributed by atoms with E-state index in [0.29, 0.717) is 17.3 Å². The van der Waals surface area contributed by atoms with Crippen molar-refractivity contribution in [2.75, 3.05) is 20.3 Å². The summed E-state index contributed by atoms with van der Waals surface area (Å²) in [5.74, 6) is -0.690. The lowest BCUT2D eigenvalue weighted by Crippen LogP contribution is -2.44. The Hall–Kier alpha value is -2.82. The molecule has 0 aliphatic carbocycles. The summed E-state index contributed by atoms with van der Waals surface area (Å²) < 4.78 is 38.5. The van der Waals surface area contributed by atoms with Crippen molar-refractivity contribution in [3.63, 3.8) is 0 Å². The van der Waals surface area contributed by atoms with E-state index in [-0.39, 0.29) is 28.9 Å². The summed E-state index contributed by atoms with van der Waals surface area (Å²) in [5, 5.41) is 0.537. The molecule has 1 aliphatic heterocycles. The molecule has 2 amide bonds. The molecule has 1 fully saturated rings. The molecule has 3 rings (SSSR count). The van der Waals surface area contributed by atoms with Gasteiger partial charge in [-0.05, 0) is 62.2 Å². The third-order valence-electron chi connectivity index (χ3n) is 5.25. The Morgan fingerprint density at radius 2 is 1.85 bits per heavy atom. The van der Waals surface area contributed by atoms with Crippen LogP contribution in [0.15, 0.2) is 47.4 Å². The van der Waals surface area contributed by atoms with Crippen LogP contribution in [0.2, 0.25) is 5.02 Å².